The zero-order valence-corrected chi connectivity index (χ0v) is 37.9. The van der Waals surface area contributed by atoms with Crippen molar-refractivity contribution < 1.29 is 51.4 Å². The Kier molecular flexibility index (Phi) is 10.4. The van der Waals surface area contributed by atoms with Crippen LogP contribution in [0.2, 0.25) is 0 Å². The third-order valence-corrected chi connectivity index (χ3v) is 12.8. The minimum atomic E-state index is 0. The summed E-state index contributed by atoms with van der Waals surface area (Å²) in [4.78, 5) is 4.90. The summed E-state index contributed by atoms with van der Waals surface area (Å²) in [5.74, 6) is 1.18. The summed E-state index contributed by atoms with van der Waals surface area (Å²) in [5.41, 5.74) is 22.2. The zero-order valence-electron chi connectivity index (χ0n) is 34.8. The molecule has 0 radical (unpaired) electrons. The van der Waals surface area contributed by atoms with E-state index in [1.54, 1.807) is 0 Å². The Labute approximate surface area is 384 Å². The van der Waals surface area contributed by atoms with Crippen LogP contribution in [0, 0.1) is 61.0 Å². The quantitative estimate of drug-likeness (QED) is 0.0823. The van der Waals surface area contributed by atoms with E-state index in [0.29, 0.717) is 0 Å². The number of nitrogens with one attached hydrogen (secondary N) is 1. The first-order chi connectivity index (χ1) is 27.1. The van der Waals surface area contributed by atoms with Crippen LogP contribution in [0.3, 0.4) is 0 Å². The zero-order chi connectivity index (χ0) is 38.6. The van der Waals surface area contributed by atoms with Gasteiger partial charge in [-0.2, -0.15) is 0 Å². The van der Waals surface area contributed by atoms with Crippen molar-refractivity contribution in [3.63, 3.8) is 0 Å². The van der Waals surface area contributed by atoms with E-state index >= 15 is 0 Å². The second kappa shape index (κ2) is 15.1. The monoisotopic (exact) mass is 777 g/mol. The van der Waals surface area contributed by atoms with Crippen molar-refractivity contribution in [3.05, 3.63) is 174 Å². The van der Waals surface area contributed by atoms with Crippen LogP contribution in [0.15, 0.2) is 115 Å². The minimum Gasteiger partial charge on any atom is -0.378 e. The van der Waals surface area contributed by atoms with E-state index in [-0.39, 0.29) is 64.6 Å². The molecule has 58 heavy (non-hydrogen) atoms. The number of aromatic nitrogens is 3. The molecule has 0 fully saturated rings. The van der Waals surface area contributed by atoms with Gasteiger partial charge in [-0.15, -0.1) is 0 Å². The van der Waals surface area contributed by atoms with Crippen LogP contribution in [0.1, 0.15) is 44.5 Å². The molecule has 6 aromatic carbocycles. The van der Waals surface area contributed by atoms with Gasteiger partial charge < -0.3 is 17.4 Å². The molecule has 9 aromatic rings. The number of allylic oxidation sites excluding steroid dienone is 1. The fourth-order valence-corrected chi connectivity index (χ4v) is 9.33. The number of rotatable bonds is 4. The van der Waals surface area contributed by atoms with Gasteiger partial charge in [0.05, 0.1) is 11.0 Å². The average molecular weight is 778 g/mol. The maximum Gasteiger partial charge on any atom is 1.00 e. The maximum atomic E-state index is 9.02. The predicted octanol–water partition coefficient (Wildman–Crippen LogP) is 10.5. The number of nitrogens with zero attached hydrogens (tertiary/aromatic N) is 3. The van der Waals surface area contributed by atoms with Crippen molar-refractivity contribution in [2.24, 2.45) is 0 Å². The first-order valence-electron chi connectivity index (χ1n) is 19.5. The molecule has 1 aliphatic rings. The number of pyridine rings is 1. The van der Waals surface area contributed by atoms with E-state index < -0.39 is 0 Å². The molecule has 3 aromatic heterocycles. The molecule has 0 aliphatic heterocycles. The molecule has 0 bridgehead atoms. The van der Waals surface area contributed by atoms with Crippen LogP contribution in [0.25, 0.3) is 82.8 Å². The fraction of sp³-hybridized carbons (Fsp3) is 0.151. The molecule has 3 heterocycles. The van der Waals surface area contributed by atoms with E-state index in [4.69, 9.17) is 17.0 Å². The second-order valence-electron chi connectivity index (χ2n) is 15.9. The van der Waals surface area contributed by atoms with Crippen LogP contribution in [0.5, 0.6) is 0 Å². The van der Waals surface area contributed by atoms with Gasteiger partial charge in [-0.1, -0.05) is 54.6 Å². The summed E-state index contributed by atoms with van der Waals surface area (Å²) < 4.78 is 4.38. The Balaban J connectivity index is 0.00000235. The van der Waals surface area contributed by atoms with Gasteiger partial charge in [0.2, 0.25) is 0 Å². The van der Waals surface area contributed by atoms with Crippen molar-refractivity contribution in [1.82, 2.24) is 14.1 Å². The van der Waals surface area contributed by atoms with E-state index in [2.05, 4.69) is 143 Å². The molecular formula is C53H46KN4-. The summed E-state index contributed by atoms with van der Waals surface area (Å²) in [7, 11) is 0. The summed E-state index contributed by atoms with van der Waals surface area (Å²) >= 11 is 0. The Hall–Kier alpha value is -4.88. The largest absolute Gasteiger partial charge is 1.00 e. The first-order valence-corrected chi connectivity index (χ1v) is 19.5. The normalized spacial score (nSPS) is 12.0. The molecular weight excluding hydrogens is 732 g/mol. The predicted molar refractivity (Wildman–Crippen MR) is 242 cm³/mol. The Morgan fingerprint density at radius 3 is 1.78 bits per heavy atom. The molecule has 0 saturated carbocycles. The molecule has 0 amide bonds. The molecule has 0 unspecified atom stereocenters. The van der Waals surface area contributed by atoms with Crippen LogP contribution >= 0.6 is 0 Å². The van der Waals surface area contributed by atoms with Crippen molar-refractivity contribution in [1.29, 1.82) is 5.41 Å². The van der Waals surface area contributed by atoms with Gasteiger partial charge in [-0.3, -0.25) is 11.1 Å². The molecule has 10 rings (SSSR count). The Morgan fingerprint density at radius 1 is 0.603 bits per heavy atom. The minimum absolute atomic E-state index is 0. The Bertz CT molecular complexity index is 3130. The van der Waals surface area contributed by atoms with Crippen molar-refractivity contribution in [2.45, 2.75) is 54.4 Å². The molecule has 280 valence electrons. The third kappa shape index (κ3) is 6.10. The second-order valence-corrected chi connectivity index (χ2v) is 15.9. The summed E-state index contributed by atoms with van der Waals surface area (Å²) in [5, 5.41) is 13.8. The molecule has 1 N–H and O–H groups in total. The van der Waals surface area contributed by atoms with Crippen molar-refractivity contribution >= 4 is 49.4 Å². The summed E-state index contributed by atoms with van der Waals surface area (Å²) in [6.07, 6.45) is 5.11. The van der Waals surface area contributed by atoms with Gasteiger partial charge in [0.1, 0.15) is 5.82 Å². The standard InChI is InChI=1S/C52H43N4.CH3.K/c1-8-50(53)55-47-18-13-36(39-23-31(4)34(7)32(5)24-39)26-45(47)46-27-37-12-15-41-40(43(37)28-49(46)55)16-17-42-44-25-35(38-21-29(2)33(6)30(3)22-38)14-19-48(44)56(52(41)42)51-11-9-10-20-54-51;;/h1,8-11,13-14,16-28,53H,12,15H2,2-7H3;1H3;/q2*-1;+1. The molecule has 1 aliphatic carbocycles. The summed E-state index contributed by atoms with van der Waals surface area (Å²) in [6.45, 7) is 19.3. The fourth-order valence-electron chi connectivity index (χ4n) is 9.33. The summed E-state index contributed by atoms with van der Waals surface area (Å²) in [6, 6.07) is 38.2. The average Bonchev–Trinajstić information content (AvgIpc) is 3.72. The van der Waals surface area contributed by atoms with Crippen LogP contribution in [0.4, 0.5) is 0 Å². The third-order valence-electron chi connectivity index (χ3n) is 12.8. The molecule has 0 spiro atoms. The van der Waals surface area contributed by atoms with E-state index in [9.17, 15) is 0 Å². The van der Waals surface area contributed by atoms with Crippen molar-refractivity contribution in [2.75, 3.05) is 0 Å². The number of fused-ring (bicyclic) bond motifs is 10. The van der Waals surface area contributed by atoms with Gasteiger partial charge in [-0.25, -0.2) is 11.1 Å². The van der Waals surface area contributed by atoms with Crippen molar-refractivity contribution in [3.8, 4) is 39.2 Å². The van der Waals surface area contributed by atoms with E-state index in [1.165, 1.54) is 100 Å². The van der Waals surface area contributed by atoms with Gasteiger partial charge in [0, 0.05) is 38.8 Å². The van der Waals surface area contributed by atoms with Crippen LogP contribution in [-0.4, -0.2) is 20.0 Å². The smallest absolute Gasteiger partial charge is 0.378 e. The SMILES string of the molecule is [CH-]=CC(=N)n1c2ccc(-c3cc(C)c(C)c(C)c3)cc2c2cc3c(cc21)-c1ccc2c4cc(-c5cc(C)c(C)c(C)c5)ccc4n(-c4ccccn4)c2c1CC3.[CH3-].[K+]. The number of aryl methyl sites for hydroxylation is 6. The molecule has 4 nitrogen and oxygen atoms in total. The molecule has 0 saturated heterocycles. The Morgan fingerprint density at radius 2 is 1.19 bits per heavy atom. The van der Waals surface area contributed by atoms with Crippen LogP contribution < -0.4 is 51.4 Å². The molecule has 5 heteroatoms. The van der Waals surface area contributed by atoms with Gasteiger partial charge >= 0.3 is 51.4 Å². The van der Waals surface area contributed by atoms with E-state index in [1.807, 2.05) is 16.8 Å². The van der Waals surface area contributed by atoms with Crippen LogP contribution in [-0.2, 0) is 12.8 Å². The number of benzene rings is 6. The van der Waals surface area contributed by atoms with Gasteiger partial charge in [-0.05, 0) is 187 Å². The number of hydrogen-bond donors (Lipinski definition) is 1. The number of hydrogen-bond acceptors (Lipinski definition) is 2. The first kappa shape index (κ1) is 39.9. The van der Waals surface area contributed by atoms with E-state index in [0.717, 1.165) is 46.0 Å². The topological polar surface area (TPSA) is 46.6 Å². The van der Waals surface area contributed by atoms with Gasteiger partial charge in [0.25, 0.3) is 0 Å². The van der Waals surface area contributed by atoms with Gasteiger partial charge in [0.15, 0.2) is 0 Å². The molecule has 0 atom stereocenters. The maximum absolute atomic E-state index is 9.02.